The van der Waals surface area contributed by atoms with Crippen LogP contribution in [-0.2, 0) is 10.0 Å². The molecule has 0 spiro atoms. The first kappa shape index (κ1) is 14.4. The Bertz CT molecular complexity index is 521. The van der Waals surface area contributed by atoms with Gasteiger partial charge >= 0.3 is 0 Å². The van der Waals surface area contributed by atoms with Crippen molar-refractivity contribution in [2.45, 2.75) is 17.9 Å². The maximum absolute atomic E-state index is 13.1. The van der Waals surface area contributed by atoms with Crippen LogP contribution in [0.4, 0.5) is 10.1 Å². The summed E-state index contributed by atoms with van der Waals surface area (Å²) >= 11 is 2.88. The lowest BCUT2D eigenvalue weighted by atomic mass is 10.3. The molecule has 1 atom stereocenters. The van der Waals surface area contributed by atoms with E-state index in [0.717, 1.165) is 12.1 Å². The van der Waals surface area contributed by atoms with Crippen LogP contribution in [0.25, 0.3) is 0 Å². The second-order valence-electron chi connectivity index (χ2n) is 3.51. The first-order valence-corrected chi connectivity index (χ1v) is 6.93. The Labute approximate surface area is 107 Å². The number of rotatable bonds is 4. The van der Waals surface area contributed by atoms with Crippen molar-refractivity contribution in [3.63, 3.8) is 0 Å². The zero-order valence-corrected chi connectivity index (χ0v) is 11.3. The van der Waals surface area contributed by atoms with E-state index in [1.54, 1.807) is 0 Å². The van der Waals surface area contributed by atoms with Crippen molar-refractivity contribution in [3.05, 3.63) is 22.4 Å². The average Bonchev–Trinajstić information content (AvgIpc) is 2.22. The number of aliphatic hydroxyl groups excluding tert-OH is 1. The molecule has 0 saturated carbocycles. The van der Waals surface area contributed by atoms with Crippen molar-refractivity contribution in [1.29, 1.82) is 0 Å². The molecule has 0 fully saturated rings. The van der Waals surface area contributed by atoms with Crippen molar-refractivity contribution < 1.29 is 17.9 Å². The Kier molecular flexibility index (Phi) is 4.48. The molecule has 0 aliphatic heterocycles. The van der Waals surface area contributed by atoms with Crippen molar-refractivity contribution in [2.24, 2.45) is 0 Å². The molecule has 4 N–H and O–H groups in total. The Morgan fingerprint density at radius 3 is 2.71 bits per heavy atom. The first-order valence-electron chi connectivity index (χ1n) is 4.65. The zero-order chi connectivity index (χ0) is 13.2. The molecule has 1 aromatic carbocycles. The predicted octanol–water partition coefficient (Wildman–Crippen LogP) is 0.830. The van der Waals surface area contributed by atoms with E-state index in [1.807, 2.05) is 0 Å². The minimum atomic E-state index is -3.87. The Balaban J connectivity index is 3.20. The summed E-state index contributed by atoms with van der Waals surface area (Å²) in [5.74, 6) is -0.642. The molecule has 0 aliphatic rings. The van der Waals surface area contributed by atoms with E-state index in [2.05, 4.69) is 20.7 Å². The number of nitrogens with one attached hydrogen (secondary N) is 1. The molecule has 0 saturated heterocycles. The van der Waals surface area contributed by atoms with Gasteiger partial charge in [-0.3, -0.25) is 0 Å². The Morgan fingerprint density at radius 1 is 1.59 bits per heavy atom. The third-order valence-corrected chi connectivity index (χ3v) is 4.23. The fourth-order valence-electron chi connectivity index (χ4n) is 1.14. The van der Waals surface area contributed by atoms with Crippen LogP contribution >= 0.6 is 15.9 Å². The van der Waals surface area contributed by atoms with E-state index < -0.39 is 21.9 Å². The summed E-state index contributed by atoms with van der Waals surface area (Å²) in [6.45, 7) is 1.15. The van der Waals surface area contributed by atoms with E-state index in [0.29, 0.717) is 0 Å². The highest BCUT2D eigenvalue weighted by atomic mass is 79.9. The van der Waals surface area contributed by atoms with Crippen LogP contribution in [-0.4, -0.2) is 26.2 Å². The molecule has 5 nitrogen and oxygen atoms in total. The van der Waals surface area contributed by atoms with Gasteiger partial charge in [-0.2, -0.15) is 0 Å². The highest BCUT2D eigenvalue weighted by Crippen LogP contribution is 2.26. The SMILES string of the molecule is C[C@H](CO)NS(=O)(=O)c1cc(Br)c(F)cc1N. The summed E-state index contributed by atoms with van der Waals surface area (Å²) in [7, 11) is -3.87. The highest BCUT2D eigenvalue weighted by molar-refractivity contribution is 9.10. The fraction of sp³-hybridized carbons (Fsp3) is 0.333. The Morgan fingerprint density at radius 2 is 2.18 bits per heavy atom. The number of hydrogen-bond acceptors (Lipinski definition) is 4. The van der Waals surface area contributed by atoms with Gasteiger partial charge in [-0.05, 0) is 35.0 Å². The fourth-order valence-corrected chi connectivity index (χ4v) is 3.01. The highest BCUT2D eigenvalue weighted by Gasteiger charge is 2.21. The van der Waals surface area contributed by atoms with Crippen LogP contribution < -0.4 is 10.5 Å². The number of benzene rings is 1. The minimum absolute atomic E-state index is 0.00345. The van der Waals surface area contributed by atoms with Gasteiger partial charge < -0.3 is 10.8 Å². The lowest BCUT2D eigenvalue weighted by Gasteiger charge is -2.13. The standard InChI is InChI=1S/C9H12BrFN2O3S/c1-5(4-14)13-17(15,16)9-2-6(10)7(11)3-8(9)12/h2-3,5,13-14H,4,12H2,1H3/t5-/m1/s1. The van der Waals surface area contributed by atoms with Crippen LogP contribution in [0.5, 0.6) is 0 Å². The predicted molar refractivity (Wildman–Crippen MR) is 65.4 cm³/mol. The molecule has 0 bridgehead atoms. The Hall–Kier alpha value is -0.700. The van der Waals surface area contributed by atoms with Gasteiger partial charge in [0.2, 0.25) is 10.0 Å². The molecule has 0 aromatic heterocycles. The molecule has 1 aromatic rings. The molecule has 0 heterocycles. The van der Waals surface area contributed by atoms with Gasteiger partial charge in [0.1, 0.15) is 10.7 Å². The molecule has 0 aliphatic carbocycles. The molecular weight excluding hydrogens is 315 g/mol. The molecule has 0 amide bonds. The number of anilines is 1. The quantitative estimate of drug-likeness (QED) is 0.714. The third kappa shape index (κ3) is 3.38. The number of aliphatic hydroxyl groups is 1. The van der Waals surface area contributed by atoms with E-state index in [1.165, 1.54) is 6.92 Å². The molecule has 17 heavy (non-hydrogen) atoms. The van der Waals surface area contributed by atoms with E-state index in [9.17, 15) is 12.8 Å². The first-order chi connectivity index (χ1) is 7.77. The van der Waals surface area contributed by atoms with E-state index in [-0.39, 0.29) is 21.7 Å². The summed E-state index contributed by atoms with van der Waals surface area (Å²) in [4.78, 5) is -0.230. The molecular formula is C9H12BrFN2O3S. The van der Waals surface area contributed by atoms with E-state index >= 15 is 0 Å². The monoisotopic (exact) mass is 326 g/mol. The number of halogens is 2. The second-order valence-corrected chi connectivity index (χ2v) is 6.05. The maximum Gasteiger partial charge on any atom is 0.242 e. The molecule has 96 valence electrons. The van der Waals surface area contributed by atoms with Crippen LogP contribution in [0, 0.1) is 5.82 Å². The topological polar surface area (TPSA) is 92.4 Å². The average molecular weight is 327 g/mol. The minimum Gasteiger partial charge on any atom is -0.398 e. The smallest absolute Gasteiger partial charge is 0.242 e. The van der Waals surface area contributed by atoms with Crippen LogP contribution in [0.15, 0.2) is 21.5 Å². The third-order valence-electron chi connectivity index (χ3n) is 1.97. The maximum atomic E-state index is 13.1. The van der Waals surface area contributed by atoms with Gasteiger partial charge in [0.05, 0.1) is 16.8 Å². The summed E-state index contributed by atoms with van der Waals surface area (Å²) in [5, 5.41) is 8.79. The van der Waals surface area contributed by atoms with Gasteiger partial charge in [0.25, 0.3) is 0 Å². The molecule has 0 unspecified atom stereocenters. The van der Waals surface area contributed by atoms with Crippen LogP contribution in [0.1, 0.15) is 6.92 Å². The number of nitrogen functional groups attached to an aromatic ring is 1. The largest absolute Gasteiger partial charge is 0.398 e. The number of nitrogens with two attached hydrogens (primary N) is 1. The normalized spacial score (nSPS) is 13.6. The lowest BCUT2D eigenvalue weighted by Crippen LogP contribution is -2.35. The van der Waals surface area contributed by atoms with Gasteiger partial charge in [0.15, 0.2) is 0 Å². The summed E-state index contributed by atoms with van der Waals surface area (Å²) < 4.78 is 39.0. The zero-order valence-electron chi connectivity index (χ0n) is 8.94. The summed E-state index contributed by atoms with van der Waals surface area (Å²) in [6, 6.07) is 1.35. The molecule has 1 rings (SSSR count). The molecule has 8 heteroatoms. The van der Waals surface area contributed by atoms with Crippen molar-refractivity contribution in [3.8, 4) is 0 Å². The summed E-state index contributed by atoms with van der Waals surface area (Å²) in [5.41, 5.74) is 5.26. The number of sulfonamides is 1. The molecule has 0 radical (unpaired) electrons. The van der Waals surface area contributed by atoms with Crippen molar-refractivity contribution >= 4 is 31.6 Å². The summed E-state index contributed by atoms with van der Waals surface area (Å²) in [6.07, 6.45) is 0. The van der Waals surface area contributed by atoms with Crippen molar-refractivity contribution in [2.75, 3.05) is 12.3 Å². The van der Waals surface area contributed by atoms with Crippen molar-refractivity contribution in [1.82, 2.24) is 4.72 Å². The van der Waals surface area contributed by atoms with E-state index in [4.69, 9.17) is 10.8 Å². The number of hydrogen-bond donors (Lipinski definition) is 3. The van der Waals surface area contributed by atoms with Crippen LogP contribution in [0.3, 0.4) is 0 Å². The van der Waals surface area contributed by atoms with Gasteiger partial charge in [0, 0.05) is 6.04 Å². The second kappa shape index (κ2) is 5.30. The van der Waals surface area contributed by atoms with Gasteiger partial charge in [-0.1, -0.05) is 0 Å². The van der Waals surface area contributed by atoms with Crippen LogP contribution in [0.2, 0.25) is 0 Å². The lowest BCUT2D eigenvalue weighted by molar-refractivity contribution is 0.265. The van der Waals surface area contributed by atoms with Gasteiger partial charge in [-0.15, -0.1) is 0 Å². The van der Waals surface area contributed by atoms with Gasteiger partial charge in [-0.25, -0.2) is 17.5 Å².